The summed E-state index contributed by atoms with van der Waals surface area (Å²) in [5.41, 5.74) is 2.42. The first-order valence-electron chi connectivity index (χ1n) is 10.9. The molecule has 1 aromatic carbocycles. The van der Waals surface area contributed by atoms with Crippen LogP contribution in [0, 0.1) is 5.82 Å². The molecule has 11 heteroatoms. The number of ether oxygens (including phenoxy) is 1. The van der Waals surface area contributed by atoms with Gasteiger partial charge in [0.15, 0.2) is 11.0 Å². The highest BCUT2D eigenvalue weighted by atomic mass is 32.2. The average molecular weight is 543 g/mol. The van der Waals surface area contributed by atoms with E-state index in [-0.39, 0.29) is 23.0 Å². The molecule has 0 spiro atoms. The number of aryl methyl sites for hydroxylation is 1. The molecule has 0 bridgehead atoms. The van der Waals surface area contributed by atoms with Crippen molar-refractivity contribution < 1.29 is 18.7 Å². The van der Waals surface area contributed by atoms with E-state index in [2.05, 4.69) is 35.1 Å². The van der Waals surface area contributed by atoms with E-state index in [1.54, 1.807) is 34.9 Å². The zero-order valence-electron chi connectivity index (χ0n) is 19.6. The Hall–Kier alpha value is -3.28. The monoisotopic (exact) mass is 542 g/mol. The van der Waals surface area contributed by atoms with Crippen molar-refractivity contribution >= 4 is 51.3 Å². The molecule has 3 aromatic heterocycles. The molecule has 4 aromatic rings. The number of allylic oxidation sites excluding steroid dienone is 1. The maximum atomic E-state index is 13.4. The van der Waals surface area contributed by atoms with Crippen LogP contribution in [0.2, 0.25) is 0 Å². The van der Waals surface area contributed by atoms with E-state index in [4.69, 9.17) is 4.74 Å². The number of thiophene rings is 2. The number of amides is 1. The zero-order chi connectivity index (χ0) is 25.7. The molecule has 0 unspecified atom stereocenters. The van der Waals surface area contributed by atoms with Gasteiger partial charge in [0.25, 0.3) is 0 Å². The van der Waals surface area contributed by atoms with Crippen molar-refractivity contribution in [1.29, 1.82) is 0 Å². The predicted octanol–water partition coefficient (Wildman–Crippen LogP) is 6.14. The lowest BCUT2D eigenvalue weighted by Gasteiger charge is -2.09. The molecule has 0 fully saturated rings. The van der Waals surface area contributed by atoms with Crippen molar-refractivity contribution in [3.8, 4) is 22.5 Å². The predicted molar refractivity (Wildman–Crippen MR) is 143 cm³/mol. The minimum atomic E-state index is -0.587. The Balaban J connectivity index is 1.51. The SMILES string of the molecule is C=CCn1c(SCC(=O)Nc2scc(-c3ccc(F)cc3)c2C(=O)OC)nnc1-c1csc(CC)c1. The summed E-state index contributed by atoms with van der Waals surface area (Å²) < 4.78 is 20.2. The van der Waals surface area contributed by atoms with Gasteiger partial charge in [0.2, 0.25) is 5.91 Å². The number of rotatable bonds is 10. The topological polar surface area (TPSA) is 86.1 Å². The van der Waals surface area contributed by atoms with Gasteiger partial charge in [-0.1, -0.05) is 36.9 Å². The van der Waals surface area contributed by atoms with Crippen molar-refractivity contribution in [3.05, 3.63) is 70.0 Å². The average Bonchev–Trinajstić information content (AvgIpc) is 3.61. The van der Waals surface area contributed by atoms with E-state index in [0.29, 0.717) is 27.8 Å². The van der Waals surface area contributed by atoms with Gasteiger partial charge in [0.05, 0.1) is 12.9 Å². The first-order valence-corrected chi connectivity index (χ1v) is 13.7. The Morgan fingerprint density at radius 3 is 2.64 bits per heavy atom. The van der Waals surface area contributed by atoms with Gasteiger partial charge < -0.3 is 10.1 Å². The van der Waals surface area contributed by atoms with Gasteiger partial charge >= 0.3 is 5.97 Å². The molecule has 0 aliphatic heterocycles. The van der Waals surface area contributed by atoms with Crippen molar-refractivity contribution in [1.82, 2.24) is 14.8 Å². The summed E-state index contributed by atoms with van der Waals surface area (Å²) in [5.74, 6) is -0.489. The Bertz CT molecular complexity index is 1390. The fourth-order valence-corrected chi connectivity index (χ4v) is 6.01. The van der Waals surface area contributed by atoms with Crippen LogP contribution in [0.3, 0.4) is 0 Å². The van der Waals surface area contributed by atoms with E-state index in [9.17, 15) is 14.0 Å². The molecule has 186 valence electrons. The van der Waals surface area contributed by atoms with E-state index >= 15 is 0 Å². The number of nitrogens with zero attached hydrogens (tertiary/aromatic N) is 3. The van der Waals surface area contributed by atoms with Gasteiger partial charge in [-0.25, -0.2) is 9.18 Å². The minimum absolute atomic E-state index is 0.0590. The summed E-state index contributed by atoms with van der Waals surface area (Å²) in [7, 11) is 1.27. The van der Waals surface area contributed by atoms with E-state index < -0.39 is 5.97 Å². The number of methoxy groups -OCH3 is 1. The van der Waals surface area contributed by atoms with Crippen molar-refractivity contribution in [3.63, 3.8) is 0 Å². The molecular formula is C25H23FN4O3S3. The van der Waals surface area contributed by atoms with Crippen molar-refractivity contribution in [2.75, 3.05) is 18.2 Å². The van der Waals surface area contributed by atoms with Crippen molar-refractivity contribution in [2.24, 2.45) is 0 Å². The molecular weight excluding hydrogens is 519 g/mol. The quantitative estimate of drug-likeness (QED) is 0.147. The molecule has 1 N–H and O–H groups in total. The largest absolute Gasteiger partial charge is 0.465 e. The summed E-state index contributed by atoms with van der Waals surface area (Å²) in [6.45, 7) is 6.43. The highest BCUT2D eigenvalue weighted by molar-refractivity contribution is 7.99. The van der Waals surface area contributed by atoms with Gasteiger partial charge in [0, 0.05) is 33.3 Å². The third-order valence-corrected chi connectivity index (χ3v) is 8.15. The van der Waals surface area contributed by atoms with Gasteiger partial charge in [-0.05, 0) is 30.2 Å². The fraction of sp³-hybridized carbons (Fsp3) is 0.200. The van der Waals surface area contributed by atoms with Crippen LogP contribution in [0.25, 0.3) is 22.5 Å². The first-order chi connectivity index (χ1) is 17.4. The maximum absolute atomic E-state index is 13.4. The number of anilines is 1. The summed E-state index contributed by atoms with van der Waals surface area (Å²) >= 11 is 4.13. The molecule has 1 amide bonds. The minimum Gasteiger partial charge on any atom is -0.465 e. The van der Waals surface area contributed by atoms with Crippen LogP contribution < -0.4 is 5.32 Å². The second-order valence-corrected chi connectivity index (χ2v) is 10.4. The number of halogens is 1. The highest BCUT2D eigenvalue weighted by Gasteiger charge is 2.23. The van der Waals surface area contributed by atoms with Gasteiger partial charge in [-0.3, -0.25) is 9.36 Å². The van der Waals surface area contributed by atoms with Crippen LogP contribution in [-0.4, -0.2) is 39.5 Å². The summed E-state index contributed by atoms with van der Waals surface area (Å²) in [4.78, 5) is 26.6. The molecule has 36 heavy (non-hydrogen) atoms. The van der Waals surface area contributed by atoms with E-state index in [1.165, 1.54) is 47.2 Å². The molecule has 0 aliphatic rings. The number of hydrogen-bond donors (Lipinski definition) is 1. The lowest BCUT2D eigenvalue weighted by atomic mass is 10.0. The van der Waals surface area contributed by atoms with Crippen LogP contribution in [0.5, 0.6) is 0 Å². The smallest absolute Gasteiger partial charge is 0.341 e. The lowest BCUT2D eigenvalue weighted by molar-refractivity contribution is -0.113. The van der Waals surface area contributed by atoms with Gasteiger partial charge in [-0.2, -0.15) is 0 Å². The van der Waals surface area contributed by atoms with Gasteiger partial charge in [0.1, 0.15) is 16.4 Å². The van der Waals surface area contributed by atoms with Gasteiger partial charge in [-0.15, -0.1) is 39.4 Å². The number of esters is 1. The van der Waals surface area contributed by atoms with Crippen LogP contribution in [0.4, 0.5) is 9.39 Å². The van der Waals surface area contributed by atoms with Crippen LogP contribution >= 0.6 is 34.4 Å². The number of thioether (sulfide) groups is 1. The molecule has 0 atom stereocenters. The molecule has 0 radical (unpaired) electrons. The Morgan fingerprint density at radius 1 is 1.19 bits per heavy atom. The van der Waals surface area contributed by atoms with Crippen LogP contribution in [0.1, 0.15) is 22.2 Å². The third-order valence-electron chi connectivity index (χ3n) is 5.21. The first kappa shape index (κ1) is 25.8. The lowest BCUT2D eigenvalue weighted by Crippen LogP contribution is -2.16. The Kier molecular flexibility index (Phi) is 8.34. The third kappa shape index (κ3) is 5.58. The summed E-state index contributed by atoms with van der Waals surface area (Å²) in [6.07, 6.45) is 2.70. The Morgan fingerprint density at radius 2 is 1.97 bits per heavy atom. The van der Waals surface area contributed by atoms with Crippen LogP contribution in [-0.2, 0) is 22.5 Å². The summed E-state index contributed by atoms with van der Waals surface area (Å²) in [6, 6.07) is 7.88. The number of carbonyl (C=O) groups is 2. The fourth-order valence-electron chi connectivity index (χ4n) is 3.48. The number of benzene rings is 1. The second kappa shape index (κ2) is 11.6. The highest BCUT2D eigenvalue weighted by Crippen LogP contribution is 2.36. The van der Waals surface area contributed by atoms with Crippen molar-refractivity contribution in [2.45, 2.75) is 25.0 Å². The zero-order valence-corrected chi connectivity index (χ0v) is 22.1. The maximum Gasteiger partial charge on any atom is 0.341 e. The Labute approximate surface area is 220 Å². The number of nitrogens with one attached hydrogen (secondary N) is 1. The molecule has 4 rings (SSSR count). The normalized spacial score (nSPS) is 10.9. The standard InChI is InChI=1S/C25H23FN4O3S3/c1-4-10-30-22(16-11-18(5-2)34-12-16)28-29-25(30)36-14-20(31)27-23-21(24(32)33-3)19(13-35-23)15-6-8-17(26)9-7-15/h4,6-9,11-13H,1,5,10,14H2,2-3H3,(H,27,31). The van der Waals surface area contributed by atoms with E-state index in [0.717, 1.165) is 17.8 Å². The number of hydrogen-bond acceptors (Lipinski definition) is 8. The second-order valence-electron chi connectivity index (χ2n) is 7.55. The summed E-state index contributed by atoms with van der Waals surface area (Å²) in [5, 5.41) is 16.2. The molecule has 3 heterocycles. The molecule has 7 nitrogen and oxygen atoms in total. The molecule has 0 aliphatic carbocycles. The number of aromatic nitrogens is 3. The van der Waals surface area contributed by atoms with E-state index in [1.807, 2.05) is 9.95 Å². The van der Waals surface area contributed by atoms with Crippen LogP contribution in [0.15, 0.2) is 58.9 Å². The molecule has 0 saturated carbocycles. The number of carbonyl (C=O) groups excluding carboxylic acids is 2. The molecule has 0 saturated heterocycles.